The van der Waals surface area contributed by atoms with Crippen LogP contribution in [0.1, 0.15) is 25.8 Å². The zero-order valence-corrected chi connectivity index (χ0v) is 13.0. The second-order valence-electron chi connectivity index (χ2n) is 4.86. The van der Waals surface area contributed by atoms with Gasteiger partial charge in [0.1, 0.15) is 0 Å². The van der Waals surface area contributed by atoms with Crippen molar-refractivity contribution in [1.29, 1.82) is 0 Å². The van der Waals surface area contributed by atoms with Gasteiger partial charge in [-0.15, -0.1) is 0 Å². The molecule has 0 atom stereocenters. The van der Waals surface area contributed by atoms with Crippen LogP contribution in [0.25, 0.3) is 6.08 Å². The Balaban J connectivity index is 2.43. The van der Waals surface area contributed by atoms with Crippen LogP contribution in [0, 0.1) is 16.0 Å². The lowest BCUT2D eigenvalue weighted by atomic mass is 10.1. The summed E-state index contributed by atoms with van der Waals surface area (Å²) < 4.78 is 12.0. The van der Waals surface area contributed by atoms with Crippen LogP contribution >= 0.6 is 15.9 Å². The van der Waals surface area contributed by atoms with E-state index >= 15 is 0 Å². The molecule has 0 unspecified atom stereocenters. The maximum Gasteiger partial charge on any atom is 0.249 e. The highest BCUT2D eigenvalue weighted by atomic mass is 79.9. The number of ether oxygens (including phenoxy) is 2. The van der Waals surface area contributed by atoms with E-state index in [1.54, 1.807) is 32.1 Å². The molecule has 20 heavy (non-hydrogen) atoms. The predicted molar refractivity (Wildman–Crippen MR) is 79.6 cm³/mol. The molecule has 5 nitrogen and oxygen atoms in total. The van der Waals surface area contributed by atoms with E-state index in [4.69, 9.17) is 9.47 Å². The van der Waals surface area contributed by atoms with Gasteiger partial charge in [-0.3, -0.25) is 10.1 Å². The first kappa shape index (κ1) is 14.8. The van der Waals surface area contributed by atoms with Crippen LogP contribution in [0.4, 0.5) is 0 Å². The zero-order chi connectivity index (χ0) is 14.7. The Morgan fingerprint density at radius 2 is 2.10 bits per heavy atom. The van der Waals surface area contributed by atoms with Gasteiger partial charge in [0.25, 0.3) is 0 Å². The van der Waals surface area contributed by atoms with Crippen LogP contribution in [0.2, 0.25) is 0 Å². The normalized spacial score (nSPS) is 15.1. The van der Waals surface area contributed by atoms with Crippen LogP contribution in [-0.4, -0.2) is 18.1 Å². The van der Waals surface area contributed by atoms with Crippen LogP contribution in [0.5, 0.6) is 11.5 Å². The summed E-state index contributed by atoms with van der Waals surface area (Å²) >= 11 is 3.43. The number of hydrogen-bond acceptors (Lipinski definition) is 4. The molecule has 1 heterocycles. The molecular formula is C14H16BrNO4. The molecule has 2 rings (SSSR count). The van der Waals surface area contributed by atoms with E-state index in [2.05, 4.69) is 15.9 Å². The Kier molecular flexibility index (Phi) is 4.65. The number of nitrogens with zero attached hydrogens (tertiary/aromatic N) is 1. The molecule has 0 aliphatic carbocycles. The van der Waals surface area contributed by atoms with Crippen molar-refractivity contribution in [2.45, 2.75) is 20.3 Å². The molecule has 6 heteroatoms. The van der Waals surface area contributed by atoms with E-state index in [-0.39, 0.29) is 16.5 Å². The van der Waals surface area contributed by atoms with Gasteiger partial charge in [-0.05, 0) is 33.6 Å². The van der Waals surface area contributed by atoms with Crippen molar-refractivity contribution in [1.82, 2.24) is 0 Å². The van der Waals surface area contributed by atoms with Crippen LogP contribution in [0.15, 0.2) is 22.3 Å². The molecule has 1 aromatic carbocycles. The van der Waals surface area contributed by atoms with Crippen LogP contribution in [0.3, 0.4) is 0 Å². The van der Waals surface area contributed by atoms with Crippen molar-refractivity contribution in [3.05, 3.63) is 38.0 Å². The van der Waals surface area contributed by atoms with Crippen molar-refractivity contribution in [2.24, 2.45) is 5.92 Å². The first-order valence-electron chi connectivity index (χ1n) is 6.44. The van der Waals surface area contributed by atoms with E-state index in [1.807, 2.05) is 0 Å². The van der Waals surface area contributed by atoms with Crippen LogP contribution in [-0.2, 0) is 0 Å². The van der Waals surface area contributed by atoms with Gasteiger partial charge >= 0.3 is 0 Å². The molecule has 1 aliphatic heterocycles. The molecule has 0 bridgehead atoms. The predicted octanol–water partition coefficient (Wildman–Crippen LogP) is 3.88. The first-order chi connectivity index (χ1) is 9.49. The second-order valence-corrected chi connectivity index (χ2v) is 5.72. The minimum absolute atomic E-state index is 0.153. The van der Waals surface area contributed by atoms with E-state index in [0.717, 1.165) is 16.5 Å². The van der Waals surface area contributed by atoms with Crippen molar-refractivity contribution in [2.75, 3.05) is 13.2 Å². The SMILES string of the molecule is CC(C)/C(=C/c1cc(Br)c2c(c1)OCCCO2)[N+](=O)[O-]. The summed E-state index contributed by atoms with van der Waals surface area (Å²) in [5.74, 6) is 1.13. The van der Waals surface area contributed by atoms with Gasteiger partial charge in [0.05, 0.1) is 22.6 Å². The molecule has 1 aliphatic rings. The lowest BCUT2D eigenvalue weighted by Crippen LogP contribution is -2.05. The second kappa shape index (κ2) is 6.26. The van der Waals surface area contributed by atoms with E-state index < -0.39 is 0 Å². The van der Waals surface area contributed by atoms with Crippen molar-refractivity contribution in [3.63, 3.8) is 0 Å². The van der Waals surface area contributed by atoms with Gasteiger partial charge in [0.15, 0.2) is 11.5 Å². The average molecular weight is 342 g/mol. The standard InChI is InChI=1S/C14H16BrNO4/c1-9(2)12(16(17)18)7-10-6-11(15)14-13(8-10)19-4-3-5-20-14/h6-9H,3-5H2,1-2H3/b12-7-. The zero-order valence-electron chi connectivity index (χ0n) is 11.4. The minimum atomic E-state index is -0.346. The highest BCUT2D eigenvalue weighted by molar-refractivity contribution is 9.10. The Labute approximate surface area is 125 Å². The quantitative estimate of drug-likeness (QED) is 0.618. The molecule has 0 fully saturated rings. The number of benzene rings is 1. The maximum absolute atomic E-state index is 11.0. The smallest absolute Gasteiger partial charge is 0.249 e. The summed E-state index contributed by atoms with van der Waals surface area (Å²) in [6, 6.07) is 3.58. The molecule has 0 N–H and O–H groups in total. The van der Waals surface area contributed by atoms with Crippen molar-refractivity contribution >= 4 is 22.0 Å². The third-order valence-electron chi connectivity index (χ3n) is 2.94. The number of nitro groups is 1. The monoisotopic (exact) mass is 341 g/mol. The molecule has 0 amide bonds. The van der Waals surface area contributed by atoms with Gasteiger partial charge in [0.2, 0.25) is 5.70 Å². The Bertz CT molecular complexity index is 554. The fraction of sp³-hybridized carbons (Fsp3) is 0.429. The summed E-state index contributed by atoms with van der Waals surface area (Å²) in [5.41, 5.74) is 0.896. The summed E-state index contributed by atoms with van der Waals surface area (Å²) in [4.78, 5) is 10.7. The minimum Gasteiger partial charge on any atom is -0.489 e. The summed E-state index contributed by atoms with van der Waals surface area (Å²) in [5, 5.41) is 11.0. The van der Waals surface area contributed by atoms with E-state index in [0.29, 0.717) is 24.7 Å². The summed E-state index contributed by atoms with van der Waals surface area (Å²) in [6.07, 6.45) is 2.39. The van der Waals surface area contributed by atoms with Gasteiger partial charge in [-0.1, -0.05) is 13.8 Å². The molecular weight excluding hydrogens is 326 g/mol. The summed E-state index contributed by atoms with van der Waals surface area (Å²) in [6.45, 7) is 4.78. The van der Waals surface area contributed by atoms with E-state index in [9.17, 15) is 10.1 Å². The highest BCUT2D eigenvalue weighted by Gasteiger charge is 2.18. The van der Waals surface area contributed by atoms with Crippen molar-refractivity contribution < 1.29 is 14.4 Å². The Hall–Kier alpha value is -1.56. The first-order valence-corrected chi connectivity index (χ1v) is 7.23. The molecule has 0 saturated carbocycles. The lowest BCUT2D eigenvalue weighted by molar-refractivity contribution is -0.431. The molecule has 108 valence electrons. The number of halogens is 1. The number of rotatable bonds is 3. The largest absolute Gasteiger partial charge is 0.489 e. The third-order valence-corrected chi connectivity index (χ3v) is 3.53. The van der Waals surface area contributed by atoms with Gasteiger partial charge in [-0.25, -0.2) is 0 Å². The van der Waals surface area contributed by atoms with Gasteiger partial charge in [0, 0.05) is 18.4 Å². The van der Waals surface area contributed by atoms with E-state index in [1.165, 1.54) is 0 Å². The van der Waals surface area contributed by atoms with Crippen LogP contribution < -0.4 is 9.47 Å². The number of allylic oxidation sites excluding steroid dienone is 1. The number of hydrogen-bond donors (Lipinski definition) is 0. The highest BCUT2D eigenvalue weighted by Crippen LogP contribution is 2.38. The topological polar surface area (TPSA) is 61.6 Å². The van der Waals surface area contributed by atoms with Gasteiger partial charge < -0.3 is 9.47 Å². The Morgan fingerprint density at radius 1 is 1.40 bits per heavy atom. The number of fused-ring (bicyclic) bond motifs is 1. The molecule has 0 saturated heterocycles. The van der Waals surface area contributed by atoms with Gasteiger partial charge in [-0.2, -0.15) is 0 Å². The Morgan fingerprint density at radius 3 is 2.75 bits per heavy atom. The third kappa shape index (κ3) is 3.30. The molecule has 0 radical (unpaired) electrons. The van der Waals surface area contributed by atoms with Crippen molar-refractivity contribution in [3.8, 4) is 11.5 Å². The molecule has 1 aromatic rings. The fourth-order valence-corrected chi connectivity index (χ4v) is 2.51. The average Bonchev–Trinajstić information content (AvgIpc) is 2.60. The summed E-state index contributed by atoms with van der Waals surface area (Å²) in [7, 11) is 0. The molecule has 0 aromatic heterocycles. The maximum atomic E-state index is 11.0. The molecule has 0 spiro atoms. The fourth-order valence-electron chi connectivity index (χ4n) is 1.94. The lowest BCUT2D eigenvalue weighted by Gasteiger charge is -2.10.